The molecule has 1 saturated heterocycles. The van der Waals surface area contributed by atoms with Crippen molar-refractivity contribution in [2.75, 3.05) is 6.54 Å². The van der Waals surface area contributed by atoms with Crippen molar-refractivity contribution < 1.29 is 4.79 Å². The molecule has 0 aromatic heterocycles. The molecule has 2 nitrogen and oxygen atoms in total. The highest BCUT2D eigenvalue weighted by Crippen LogP contribution is 2.25. The molecule has 0 N–H and O–H groups in total. The number of carbonyl (C=O) groups is 1. The van der Waals surface area contributed by atoms with E-state index >= 15 is 0 Å². The number of amides is 1. The SMILES string of the molecule is CCC1CCCCN1C(=O)c1cccc2ccccc12. The first-order valence-electron chi connectivity index (χ1n) is 7.60. The van der Waals surface area contributed by atoms with Gasteiger partial charge in [-0.15, -0.1) is 0 Å². The van der Waals surface area contributed by atoms with E-state index in [1.807, 2.05) is 30.3 Å². The Morgan fingerprint density at radius 1 is 1.15 bits per heavy atom. The molecule has 104 valence electrons. The monoisotopic (exact) mass is 267 g/mol. The highest BCUT2D eigenvalue weighted by atomic mass is 16.2. The van der Waals surface area contributed by atoms with Crippen LogP contribution in [0.5, 0.6) is 0 Å². The molecular weight excluding hydrogens is 246 g/mol. The van der Waals surface area contributed by atoms with Gasteiger partial charge in [-0.25, -0.2) is 0 Å². The Balaban J connectivity index is 1.99. The second-order valence-electron chi connectivity index (χ2n) is 5.58. The summed E-state index contributed by atoms with van der Waals surface area (Å²) in [6, 6.07) is 14.6. The van der Waals surface area contributed by atoms with Gasteiger partial charge in [-0.3, -0.25) is 4.79 Å². The Kier molecular flexibility index (Phi) is 3.72. The second-order valence-corrected chi connectivity index (χ2v) is 5.58. The molecule has 0 bridgehead atoms. The fourth-order valence-electron chi connectivity index (χ4n) is 3.26. The summed E-state index contributed by atoms with van der Waals surface area (Å²) < 4.78 is 0. The van der Waals surface area contributed by atoms with E-state index in [0.717, 1.165) is 42.1 Å². The van der Waals surface area contributed by atoms with Gasteiger partial charge < -0.3 is 4.90 Å². The molecule has 1 fully saturated rings. The Morgan fingerprint density at radius 2 is 1.95 bits per heavy atom. The molecule has 1 amide bonds. The molecule has 1 aliphatic heterocycles. The zero-order valence-corrected chi connectivity index (χ0v) is 12.0. The van der Waals surface area contributed by atoms with E-state index < -0.39 is 0 Å². The predicted octanol–water partition coefficient (Wildman–Crippen LogP) is 4.24. The highest BCUT2D eigenvalue weighted by molar-refractivity contribution is 6.07. The number of likely N-dealkylation sites (tertiary alicyclic amines) is 1. The third-order valence-corrected chi connectivity index (χ3v) is 4.38. The summed E-state index contributed by atoms with van der Waals surface area (Å²) in [5.41, 5.74) is 0.850. The van der Waals surface area contributed by atoms with Gasteiger partial charge in [-0.2, -0.15) is 0 Å². The van der Waals surface area contributed by atoms with Crippen LogP contribution in [0, 0.1) is 0 Å². The molecule has 3 rings (SSSR count). The summed E-state index contributed by atoms with van der Waals surface area (Å²) in [5, 5.41) is 2.21. The van der Waals surface area contributed by atoms with Gasteiger partial charge in [0.05, 0.1) is 0 Å². The lowest BCUT2D eigenvalue weighted by molar-refractivity contribution is 0.0610. The van der Waals surface area contributed by atoms with Gasteiger partial charge in [-0.1, -0.05) is 43.3 Å². The van der Waals surface area contributed by atoms with Crippen LogP contribution in [0.25, 0.3) is 10.8 Å². The molecule has 1 aliphatic rings. The molecule has 0 radical (unpaired) electrons. The molecule has 2 aromatic carbocycles. The average molecular weight is 267 g/mol. The summed E-state index contributed by atoms with van der Waals surface area (Å²) in [4.78, 5) is 15.0. The van der Waals surface area contributed by atoms with Crippen LogP contribution in [0.2, 0.25) is 0 Å². The van der Waals surface area contributed by atoms with Crippen LogP contribution in [0.4, 0.5) is 0 Å². The van der Waals surface area contributed by atoms with E-state index in [9.17, 15) is 4.79 Å². The van der Waals surface area contributed by atoms with Crippen molar-refractivity contribution >= 4 is 16.7 Å². The quantitative estimate of drug-likeness (QED) is 0.796. The first-order valence-corrected chi connectivity index (χ1v) is 7.60. The molecule has 1 atom stereocenters. The lowest BCUT2D eigenvalue weighted by Gasteiger charge is -2.35. The Morgan fingerprint density at radius 3 is 2.80 bits per heavy atom. The van der Waals surface area contributed by atoms with Gasteiger partial charge in [0.25, 0.3) is 5.91 Å². The summed E-state index contributed by atoms with van der Waals surface area (Å²) in [6.07, 6.45) is 4.58. The van der Waals surface area contributed by atoms with E-state index in [1.54, 1.807) is 0 Å². The lowest BCUT2D eigenvalue weighted by Crippen LogP contribution is -2.43. The number of benzene rings is 2. The van der Waals surface area contributed by atoms with E-state index in [1.165, 1.54) is 6.42 Å². The van der Waals surface area contributed by atoms with Crippen molar-refractivity contribution in [2.45, 2.75) is 38.6 Å². The standard InChI is InChI=1S/C18H21NO/c1-2-15-10-5-6-13-19(15)18(20)17-12-7-9-14-8-3-4-11-16(14)17/h3-4,7-9,11-12,15H,2,5-6,10,13H2,1H3. The summed E-state index contributed by atoms with van der Waals surface area (Å²) in [5.74, 6) is 0.202. The summed E-state index contributed by atoms with van der Waals surface area (Å²) >= 11 is 0. The second kappa shape index (κ2) is 5.66. The maximum atomic E-state index is 12.9. The Bertz CT molecular complexity index is 614. The van der Waals surface area contributed by atoms with Crippen molar-refractivity contribution in [1.29, 1.82) is 0 Å². The van der Waals surface area contributed by atoms with Gasteiger partial charge in [0.1, 0.15) is 0 Å². The van der Waals surface area contributed by atoms with Gasteiger partial charge in [0.15, 0.2) is 0 Å². The average Bonchev–Trinajstić information content (AvgIpc) is 2.53. The van der Waals surface area contributed by atoms with Gasteiger partial charge in [0, 0.05) is 18.2 Å². The van der Waals surface area contributed by atoms with E-state index in [-0.39, 0.29) is 5.91 Å². The molecule has 1 unspecified atom stereocenters. The topological polar surface area (TPSA) is 20.3 Å². The minimum atomic E-state index is 0.202. The molecule has 1 heterocycles. The molecule has 20 heavy (non-hydrogen) atoms. The van der Waals surface area contributed by atoms with Crippen LogP contribution < -0.4 is 0 Å². The van der Waals surface area contributed by atoms with Crippen LogP contribution in [-0.2, 0) is 0 Å². The zero-order valence-electron chi connectivity index (χ0n) is 12.0. The smallest absolute Gasteiger partial charge is 0.254 e. The maximum Gasteiger partial charge on any atom is 0.254 e. The highest BCUT2D eigenvalue weighted by Gasteiger charge is 2.26. The number of fused-ring (bicyclic) bond motifs is 1. The third kappa shape index (κ3) is 2.31. The fourth-order valence-corrected chi connectivity index (χ4v) is 3.26. The molecule has 0 spiro atoms. The van der Waals surface area contributed by atoms with Crippen LogP contribution in [0.15, 0.2) is 42.5 Å². The fraction of sp³-hybridized carbons (Fsp3) is 0.389. The van der Waals surface area contributed by atoms with Gasteiger partial charge in [0.2, 0.25) is 0 Å². The maximum absolute atomic E-state index is 12.9. The van der Waals surface area contributed by atoms with Gasteiger partial charge in [-0.05, 0) is 42.5 Å². The predicted molar refractivity (Wildman–Crippen MR) is 82.9 cm³/mol. The van der Waals surface area contributed by atoms with Crippen LogP contribution in [0.1, 0.15) is 43.0 Å². The molecule has 2 aromatic rings. The Labute approximate surface area is 120 Å². The molecular formula is C18H21NO. The normalized spacial score (nSPS) is 19.2. The number of carbonyl (C=O) groups excluding carboxylic acids is 1. The number of nitrogens with zero attached hydrogens (tertiary/aromatic N) is 1. The number of hydrogen-bond donors (Lipinski definition) is 0. The Hall–Kier alpha value is -1.83. The minimum absolute atomic E-state index is 0.202. The first-order chi connectivity index (χ1) is 9.81. The summed E-state index contributed by atoms with van der Waals surface area (Å²) in [6.45, 7) is 3.08. The molecule has 0 saturated carbocycles. The van der Waals surface area contributed by atoms with Crippen LogP contribution >= 0.6 is 0 Å². The van der Waals surface area contributed by atoms with E-state index in [2.05, 4.69) is 24.0 Å². The van der Waals surface area contributed by atoms with Crippen LogP contribution in [0.3, 0.4) is 0 Å². The van der Waals surface area contributed by atoms with Crippen LogP contribution in [-0.4, -0.2) is 23.4 Å². The van der Waals surface area contributed by atoms with Crippen molar-refractivity contribution in [3.63, 3.8) is 0 Å². The molecule has 2 heteroatoms. The summed E-state index contributed by atoms with van der Waals surface area (Å²) in [7, 11) is 0. The third-order valence-electron chi connectivity index (χ3n) is 4.38. The van der Waals surface area contributed by atoms with Crippen molar-refractivity contribution in [3.05, 3.63) is 48.0 Å². The zero-order chi connectivity index (χ0) is 13.9. The number of rotatable bonds is 2. The first kappa shape index (κ1) is 13.2. The lowest BCUT2D eigenvalue weighted by atomic mass is 9.97. The van der Waals surface area contributed by atoms with E-state index in [4.69, 9.17) is 0 Å². The largest absolute Gasteiger partial charge is 0.336 e. The number of hydrogen-bond acceptors (Lipinski definition) is 1. The molecule has 0 aliphatic carbocycles. The van der Waals surface area contributed by atoms with E-state index in [0.29, 0.717) is 6.04 Å². The van der Waals surface area contributed by atoms with Crippen molar-refractivity contribution in [2.24, 2.45) is 0 Å². The van der Waals surface area contributed by atoms with Gasteiger partial charge >= 0.3 is 0 Å². The van der Waals surface area contributed by atoms with Crippen molar-refractivity contribution in [3.8, 4) is 0 Å². The minimum Gasteiger partial charge on any atom is -0.336 e. The van der Waals surface area contributed by atoms with Crippen molar-refractivity contribution in [1.82, 2.24) is 4.90 Å². The number of piperidine rings is 1.